The van der Waals surface area contributed by atoms with Crippen LogP contribution < -0.4 is 10.2 Å². The number of aryl methyl sites for hydroxylation is 2. The molecule has 3 aromatic rings. The predicted octanol–water partition coefficient (Wildman–Crippen LogP) is 5.72. The molecule has 2 aromatic carbocycles. The molecule has 2 amide bonds. The summed E-state index contributed by atoms with van der Waals surface area (Å²) in [6.07, 6.45) is 0. The number of hydrogen-bond acceptors (Lipinski definition) is 4. The largest absolute Gasteiger partial charge is 0.350 e. The lowest BCUT2D eigenvalue weighted by Crippen LogP contribution is -2.33. The van der Waals surface area contributed by atoms with Crippen LogP contribution in [0.15, 0.2) is 59.6 Å². The van der Waals surface area contributed by atoms with E-state index in [1.807, 2.05) is 49.6 Å². The number of rotatable bonds is 4. The molecule has 2 heterocycles. The molecule has 0 atom stereocenters. The Morgan fingerprint density at radius 2 is 1.76 bits per heavy atom. The minimum atomic E-state index is -0.385. The molecule has 0 saturated heterocycles. The number of anilines is 2. The van der Waals surface area contributed by atoms with E-state index >= 15 is 0 Å². The fourth-order valence-corrected chi connectivity index (χ4v) is 4.38. The molecule has 0 fully saturated rings. The van der Waals surface area contributed by atoms with E-state index in [0.717, 1.165) is 21.7 Å². The van der Waals surface area contributed by atoms with E-state index in [1.165, 1.54) is 16.2 Å². The quantitative estimate of drug-likeness (QED) is 0.547. The third-order valence-electron chi connectivity index (χ3n) is 4.97. The molecule has 1 aliphatic rings. The average molecular weight is 423 g/mol. The lowest BCUT2D eigenvalue weighted by Gasteiger charge is -2.18. The Bertz CT molecular complexity index is 1170. The summed E-state index contributed by atoms with van der Waals surface area (Å²) in [5.41, 5.74) is 4.78. The Morgan fingerprint density at radius 1 is 0.966 bits per heavy atom. The predicted molar refractivity (Wildman–Crippen MR) is 119 cm³/mol. The summed E-state index contributed by atoms with van der Waals surface area (Å²) < 4.78 is 0. The van der Waals surface area contributed by atoms with Crippen LogP contribution in [0, 0.1) is 20.8 Å². The van der Waals surface area contributed by atoms with Crippen LogP contribution >= 0.6 is 22.9 Å². The first-order valence-electron chi connectivity index (χ1n) is 9.15. The third-order valence-corrected chi connectivity index (χ3v) is 6.27. The van der Waals surface area contributed by atoms with Crippen LogP contribution in [0.4, 0.5) is 11.4 Å². The third kappa shape index (κ3) is 3.37. The zero-order valence-corrected chi connectivity index (χ0v) is 17.8. The summed E-state index contributed by atoms with van der Waals surface area (Å²) in [5, 5.41) is 5.63. The minimum Gasteiger partial charge on any atom is -0.350 e. The summed E-state index contributed by atoms with van der Waals surface area (Å²) in [7, 11) is 0. The molecule has 146 valence electrons. The Hall–Kier alpha value is -2.89. The van der Waals surface area contributed by atoms with E-state index in [0.29, 0.717) is 21.8 Å². The maximum absolute atomic E-state index is 13.4. The molecule has 6 heteroatoms. The number of carbonyl (C=O) groups excluding carboxylic acids is 2. The van der Waals surface area contributed by atoms with Crippen LogP contribution in [-0.4, -0.2) is 11.8 Å². The number of nitrogens with zero attached hydrogens (tertiary/aromatic N) is 1. The molecule has 1 N–H and O–H groups in total. The number of hydrogen-bond donors (Lipinski definition) is 1. The van der Waals surface area contributed by atoms with Crippen molar-refractivity contribution in [3.05, 3.63) is 86.2 Å². The van der Waals surface area contributed by atoms with Gasteiger partial charge in [0, 0.05) is 15.6 Å². The van der Waals surface area contributed by atoms with Gasteiger partial charge in [-0.25, -0.2) is 4.90 Å². The number of nitrogens with one attached hydrogen (secondary N) is 1. The van der Waals surface area contributed by atoms with Gasteiger partial charge in [-0.3, -0.25) is 9.59 Å². The van der Waals surface area contributed by atoms with Crippen molar-refractivity contribution in [3.63, 3.8) is 0 Å². The smallest absolute Gasteiger partial charge is 0.282 e. The van der Waals surface area contributed by atoms with Crippen LogP contribution in [0.2, 0.25) is 5.02 Å². The highest BCUT2D eigenvalue weighted by Crippen LogP contribution is 2.38. The van der Waals surface area contributed by atoms with Crippen molar-refractivity contribution in [1.29, 1.82) is 0 Å². The van der Waals surface area contributed by atoms with Crippen molar-refractivity contribution in [3.8, 4) is 0 Å². The normalized spacial score (nSPS) is 14.1. The van der Waals surface area contributed by atoms with Crippen LogP contribution in [-0.2, 0) is 9.59 Å². The van der Waals surface area contributed by atoms with Crippen LogP contribution in [0.1, 0.15) is 21.6 Å². The first kappa shape index (κ1) is 19.4. The fourth-order valence-electron chi connectivity index (χ4n) is 3.44. The summed E-state index contributed by atoms with van der Waals surface area (Å²) >= 11 is 7.68. The summed E-state index contributed by atoms with van der Waals surface area (Å²) in [4.78, 5) is 28.8. The summed E-state index contributed by atoms with van der Waals surface area (Å²) in [6.45, 7) is 5.79. The molecule has 1 aliphatic heterocycles. The maximum atomic E-state index is 13.4. The van der Waals surface area contributed by atoms with Gasteiger partial charge in [0.05, 0.1) is 11.3 Å². The molecule has 4 rings (SSSR count). The zero-order chi connectivity index (χ0) is 20.7. The van der Waals surface area contributed by atoms with E-state index in [9.17, 15) is 9.59 Å². The van der Waals surface area contributed by atoms with Crippen molar-refractivity contribution in [1.82, 2.24) is 0 Å². The standard InChI is InChI=1S/C23H19ClN2O2S/c1-13-9-10-17(14(2)12-13)25-21-20(19-8-5-11-29-19)22(27)26(23(21)28)18-7-4-6-16(24)15(18)3/h4-12,25H,1-3H3. The Kier molecular flexibility index (Phi) is 5.03. The van der Waals surface area contributed by atoms with Crippen molar-refractivity contribution in [2.24, 2.45) is 0 Å². The van der Waals surface area contributed by atoms with Gasteiger partial charge in [-0.15, -0.1) is 11.3 Å². The van der Waals surface area contributed by atoms with E-state index in [4.69, 9.17) is 11.6 Å². The number of imide groups is 1. The minimum absolute atomic E-state index is 0.281. The maximum Gasteiger partial charge on any atom is 0.282 e. The van der Waals surface area contributed by atoms with Crippen molar-refractivity contribution < 1.29 is 9.59 Å². The van der Waals surface area contributed by atoms with E-state index < -0.39 is 0 Å². The van der Waals surface area contributed by atoms with Gasteiger partial charge < -0.3 is 5.32 Å². The van der Waals surface area contributed by atoms with Gasteiger partial charge >= 0.3 is 0 Å². The van der Waals surface area contributed by atoms with Crippen LogP contribution in [0.25, 0.3) is 5.57 Å². The SMILES string of the molecule is Cc1ccc(NC2=C(c3cccs3)C(=O)N(c3cccc(Cl)c3C)C2=O)c(C)c1. The second kappa shape index (κ2) is 7.50. The molecule has 0 saturated carbocycles. The van der Waals surface area contributed by atoms with Gasteiger partial charge in [-0.1, -0.05) is 41.4 Å². The van der Waals surface area contributed by atoms with E-state index in [-0.39, 0.29) is 17.5 Å². The highest BCUT2D eigenvalue weighted by Gasteiger charge is 2.41. The van der Waals surface area contributed by atoms with Crippen molar-refractivity contribution in [2.75, 3.05) is 10.2 Å². The molecule has 0 unspecified atom stereocenters. The monoisotopic (exact) mass is 422 g/mol. The van der Waals surface area contributed by atoms with Gasteiger partial charge in [0.2, 0.25) is 0 Å². The number of thiophene rings is 1. The molecule has 1 aromatic heterocycles. The lowest BCUT2D eigenvalue weighted by molar-refractivity contribution is -0.120. The molecular formula is C23H19ClN2O2S. The number of halogens is 1. The topological polar surface area (TPSA) is 49.4 Å². The molecule has 0 spiro atoms. The first-order valence-corrected chi connectivity index (χ1v) is 10.4. The summed E-state index contributed by atoms with van der Waals surface area (Å²) in [6, 6.07) is 14.9. The molecule has 4 nitrogen and oxygen atoms in total. The number of amides is 2. The Balaban J connectivity index is 1.84. The van der Waals surface area contributed by atoms with E-state index in [1.54, 1.807) is 25.1 Å². The highest BCUT2D eigenvalue weighted by molar-refractivity contribution is 7.11. The molecule has 0 aliphatic carbocycles. The molecule has 0 bridgehead atoms. The van der Waals surface area contributed by atoms with Gasteiger partial charge in [0.25, 0.3) is 11.8 Å². The van der Waals surface area contributed by atoms with Crippen molar-refractivity contribution in [2.45, 2.75) is 20.8 Å². The first-order chi connectivity index (χ1) is 13.9. The highest BCUT2D eigenvalue weighted by atomic mass is 35.5. The van der Waals surface area contributed by atoms with Gasteiger partial charge in [0.1, 0.15) is 5.70 Å². The second-order valence-corrected chi connectivity index (χ2v) is 8.36. The number of benzene rings is 2. The average Bonchev–Trinajstić information content (AvgIpc) is 3.27. The van der Waals surface area contributed by atoms with Gasteiger partial charge in [0.15, 0.2) is 0 Å². The van der Waals surface area contributed by atoms with Crippen LogP contribution in [0.5, 0.6) is 0 Å². The lowest BCUT2D eigenvalue weighted by atomic mass is 10.1. The Morgan fingerprint density at radius 3 is 2.45 bits per heavy atom. The molecule has 29 heavy (non-hydrogen) atoms. The zero-order valence-electron chi connectivity index (χ0n) is 16.2. The second-order valence-electron chi connectivity index (χ2n) is 7.00. The van der Waals surface area contributed by atoms with Gasteiger partial charge in [-0.05, 0) is 61.5 Å². The molecular weight excluding hydrogens is 404 g/mol. The Labute approximate surface area is 178 Å². The van der Waals surface area contributed by atoms with Gasteiger partial charge in [-0.2, -0.15) is 0 Å². The van der Waals surface area contributed by atoms with Crippen molar-refractivity contribution >= 4 is 51.7 Å². The van der Waals surface area contributed by atoms with Crippen LogP contribution in [0.3, 0.4) is 0 Å². The fraction of sp³-hybridized carbons (Fsp3) is 0.130. The number of carbonyl (C=O) groups is 2. The summed E-state index contributed by atoms with van der Waals surface area (Å²) in [5.74, 6) is -0.737. The molecule has 0 radical (unpaired) electrons. The van der Waals surface area contributed by atoms with E-state index in [2.05, 4.69) is 5.32 Å².